The van der Waals surface area contributed by atoms with Crippen LogP contribution in [0.5, 0.6) is 0 Å². The van der Waals surface area contributed by atoms with Crippen LogP contribution in [0.3, 0.4) is 0 Å². The van der Waals surface area contributed by atoms with Crippen LogP contribution < -0.4 is 5.32 Å². The monoisotopic (exact) mass is 305 g/mol. The number of carbonyl (C=O) groups is 2. The summed E-state index contributed by atoms with van der Waals surface area (Å²) >= 11 is 0. The molecule has 1 aromatic rings. The molecule has 1 amide bonds. The Bertz CT molecular complexity index is 529. The van der Waals surface area contributed by atoms with Gasteiger partial charge in [0.15, 0.2) is 0 Å². The number of hydrogen-bond donors (Lipinski definition) is 2. The number of hydrogen-bond acceptors (Lipinski definition) is 3. The smallest absolute Gasteiger partial charge is 0.407 e. The lowest BCUT2D eigenvalue weighted by molar-refractivity contribution is -0.151. The zero-order chi connectivity index (χ0) is 16.2. The molecule has 0 saturated heterocycles. The van der Waals surface area contributed by atoms with Gasteiger partial charge in [0, 0.05) is 6.04 Å². The Labute approximate surface area is 130 Å². The number of aliphatic carboxylic acids is 1. The molecule has 1 aliphatic carbocycles. The van der Waals surface area contributed by atoms with E-state index in [1.165, 1.54) is 0 Å². The molecule has 0 heterocycles. The van der Waals surface area contributed by atoms with Crippen LogP contribution in [0.4, 0.5) is 4.79 Å². The van der Waals surface area contributed by atoms with E-state index in [2.05, 4.69) is 5.32 Å². The number of amides is 1. The summed E-state index contributed by atoms with van der Waals surface area (Å²) in [5.74, 6) is -0.735. The van der Waals surface area contributed by atoms with Crippen molar-refractivity contribution in [3.05, 3.63) is 35.9 Å². The summed E-state index contributed by atoms with van der Waals surface area (Å²) in [5.41, 5.74) is 0.184. The maximum absolute atomic E-state index is 11.8. The molecule has 120 valence electrons. The summed E-state index contributed by atoms with van der Waals surface area (Å²) in [5, 5.41) is 12.3. The highest BCUT2D eigenvalue weighted by Crippen LogP contribution is 2.44. The van der Waals surface area contributed by atoms with Gasteiger partial charge in [0.05, 0.1) is 5.41 Å². The molecule has 1 aliphatic rings. The third-order valence-electron chi connectivity index (χ3n) is 4.62. The number of carboxylic acid groups (broad SMARTS) is 1. The maximum Gasteiger partial charge on any atom is 0.407 e. The topological polar surface area (TPSA) is 75.6 Å². The van der Waals surface area contributed by atoms with Gasteiger partial charge in [-0.3, -0.25) is 4.79 Å². The second kappa shape index (κ2) is 6.81. The highest BCUT2D eigenvalue weighted by atomic mass is 16.5. The average molecular weight is 305 g/mol. The molecular weight excluding hydrogens is 282 g/mol. The number of alkyl carbamates (subject to hydrolysis) is 1. The number of ether oxygens (including phenoxy) is 1. The van der Waals surface area contributed by atoms with Crippen molar-refractivity contribution in [2.24, 2.45) is 11.3 Å². The van der Waals surface area contributed by atoms with Crippen LogP contribution in [0.15, 0.2) is 30.3 Å². The van der Waals surface area contributed by atoms with Crippen molar-refractivity contribution in [2.75, 3.05) is 0 Å². The van der Waals surface area contributed by atoms with Crippen molar-refractivity contribution >= 4 is 12.1 Å². The van der Waals surface area contributed by atoms with Gasteiger partial charge in [-0.05, 0) is 30.7 Å². The molecule has 1 fully saturated rings. The van der Waals surface area contributed by atoms with E-state index in [4.69, 9.17) is 4.74 Å². The lowest BCUT2D eigenvalue weighted by Gasteiger charge is -2.28. The molecular formula is C17H23NO4. The van der Waals surface area contributed by atoms with Crippen LogP contribution in [0.25, 0.3) is 0 Å². The fourth-order valence-electron chi connectivity index (χ4n) is 3.10. The van der Waals surface area contributed by atoms with Crippen molar-refractivity contribution in [1.82, 2.24) is 5.32 Å². The highest BCUT2D eigenvalue weighted by molar-refractivity contribution is 5.76. The average Bonchev–Trinajstić information content (AvgIpc) is 2.91. The van der Waals surface area contributed by atoms with E-state index in [0.717, 1.165) is 5.56 Å². The Morgan fingerprint density at radius 1 is 1.36 bits per heavy atom. The van der Waals surface area contributed by atoms with Gasteiger partial charge in [-0.25, -0.2) is 4.79 Å². The number of rotatable bonds is 5. The minimum Gasteiger partial charge on any atom is -0.481 e. The Hall–Kier alpha value is -2.04. The predicted molar refractivity (Wildman–Crippen MR) is 82.3 cm³/mol. The first-order valence-electron chi connectivity index (χ1n) is 7.64. The molecule has 0 aliphatic heterocycles. The van der Waals surface area contributed by atoms with Crippen LogP contribution in [-0.2, 0) is 16.1 Å². The van der Waals surface area contributed by atoms with Gasteiger partial charge in [0.1, 0.15) is 6.61 Å². The van der Waals surface area contributed by atoms with E-state index in [0.29, 0.717) is 19.3 Å². The van der Waals surface area contributed by atoms with Crippen LogP contribution in [-0.4, -0.2) is 23.2 Å². The second-order valence-electron chi connectivity index (χ2n) is 6.26. The van der Waals surface area contributed by atoms with Crippen LogP contribution in [0.1, 0.15) is 38.7 Å². The quantitative estimate of drug-likeness (QED) is 0.876. The summed E-state index contributed by atoms with van der Waals surface area (Å²) in [4.78, 5) is 23.4. The van der Waals surface area contributed by atoms with Crippen LogP contribution in [0, 0.1) is 11.3 Å². The minimum atomic E-state index is -0.774. The van der Waals surface area contributed by atoms with Crippen LogP contribution >= 0.6 is 0 Å². The molecule has 0 bridgehead atoms. The van der Waals surface area contributed by atoms with Gasteiger partial charge in [0.25, 0.3) is 0 Å². The molecule has 2 rings (SSSR count). The molecule has 1 aromatic carbocycles. The minimum absolute atomic E-state index is 0.0390. The van der Waals surface area contributed by atoms with Gasteiger partial charge in [-0.15, -0.1) is 0 Å². The molecule has 5 heteroatoms. The summed E-state index contributed by atoms with van der Waals surface area (Å²) in [6.45, 7) is 4.06. The largest absolute Gasteiger partial charge is 0.481 e. The molecule has 1 saturated carbocycles. The van der Waals surface area contributed by atoms with Crippen molar-refractivity contribution < 1.29 is 19.4 Å². The molecule has 2 atom stereocenters. The van der Waals surface area contributed by atoms with Crippen molar-refractivity contribution in [2.45, 2.75) is 45.8 Å². The standard InChI is InChI=1S/C17H23NO4/c1-12(2)17(15(19)20)9-8-14(10-17)18-16(21)22-11-13-6-4-3-5-7-13/h3-7,12,14H,8-11H2,1-2H3,(H,18,21)(H,19,20)/t14-,17+/m1/s1. The summed E-state index contributed by atoms with van der Waals surface area (Å²) in [6, 6.07) is 9.31. The van der Waals surface area contributed by atoms with Gasteiger partial charge < -0.3 is 15.2 Å². The summed E-state index contributed by atoms with van der Waals surface area (Å²) in [7, 11) is 0. The third kappa shape index (κ3) is 3.59. The predicted octanol–water partition coefficient (Wildman–Crippen LogP) is 3.19. The molecule has 2 N–H and O–H groups in total. The van der Waals surface area contributed by atoms with Crippen LogP contribution in [0.2, 0.25) is 0 Å². The Kier molecular flexibility index (Phi) is 5.06. The first-order valence-corrected chi connectivity index (χ1v) is 7.64. The van der Waals surface area contributed by atoms with Gasteiger partial charge in [0.2, 0.25) is 0 Å². The van der Waals surface area contributed by atoms with E-state index in [1.54, 1.807) is 0 Å². The maximum atomic E-state index is 11.8. The normalized spacial score (nSPS) is 24.2. The summed E-state index contributed by atoms with van der Waals surface area (Å²) in [6.07, 6.45) is 1.23. The van der Waals surface area contributed by atoms with E-state index in [-0.39, 0.29) is 18.6 Å². The van der Waals surface area contributed by atoms with Gasteiger partial charge in [-0.1, -0.05) is 44.2 Å². The fraction of sp³-hybridized carbons (Fsp3) is 0.529. The molecule has 0 radical (unpaired) electrons. The molecule has 0 aromatic heterocycles. The molecule has 22 heavy (non-hydrogen) atoms. The Morgan fingerprint density at radius 2 is 2.05 bits per heavy atom. The summed E-state index contributed by atoms with van der Waals surface area (Å²) < 4.78 is 5.18. The lowest BCUT2D eigenvalue weighted by atomic mass is 9.75. The van der Waals surface area contributed by atoms with E-state index >= 15 is 0 Å². The zero-order valence-electron chi connectivity index (χ0n) is 13.0. The fourth-order valence-corrected chi connectivity index (χ4v) is 3.10. The zero-order valence-corrected chi connectivity index (χ0v) is 13.0. The first kappa shape index (κ1) is 16.3. The van der Waals surface area contributed by atoms with E-state index < -0.39 is 17.5 Å². The Morgan fingerprint density at radius 3 is 2.59 bits per heavy atom. The highest BCUT2D eigenvalue weighted by Gasteiger charge is 2.48. The first-order chi connectivity index (χ1) is 10.4. The van der Waals surface area contributed by atoms with Gasteiger partial charge in [-0.2, -0.15) is 0 Å². The molecule has 0 spiro atoms. The van der Waals surface area contributed by atoms with E-state index in [9.17, 15) is 14.7 Å². The number of carboxylic acids is 1. The van der Waals surface area contributed by atoms with Crippen molar-refractivity contribution in [1.29, 1.82) is 0 Å². The Balaban J connectivity index is 1.84. The van der Waals surface area contributed by atoms with Gasteiger partial charge >= 0.3 is 12.1 Å². The second-order valence-corrected chi connectivity index (χ2v) is 6.26. The number of nitrogens with one attached hydrogen (secondary N) is 1. The molecule has 0 unspecified atom stereocenters. The number of benzene rings is 1. The number of carbonyl (C=O) groups excluding carboxylic acids is 1. The third-order valence-corrected chi connectivity index (χ3v) is 4.62. The van der Waals surface area contributed by atoms with E-state index in [1.807, 2.05) is 44.2 Å². The lowest BCUT2D eigenvalue weighted by Crippen LogP contribution is -2.38. The van der Waals surface area contributed by atoms with Crippen molar-refractivity contribution in [3.8, 4) is 0 Å². The SMILES string of the molecule is CC(C)[C@]1(C(=O)O)CC[C@@H](NC(=O)OCc2ccccc2)C1. The van der Waals surface area contributed by atoms with Crippen molar-refractivity contribution in [3.63, 3.8) is 0 Å². The molecule has 5 nitrogen and oxygen atoms in total.